The van der Waals surface area contributed by atoms with Crippen molar-refractivity contribution >= 4 is 0 Å². The second-order valence-corrected chi connectivity index (χ2v) is 9.93. The van der Waals surface area contributed by atoms with Crippen LogP contribution in [0.25, 0.3) is 0 Å². The van der Waals surface area contributed by atoms with Crippen LogP contribution in [0.3, 0.4) is 0 Å². The van der Waals surface area contributed by atoms with E-state index in [-0.39, 0.29) is 6.23 Å². The lowest BCUT2D eigenvalue weighted by Crippen LogP contribution is -2.34. The predicted octanol–water partition coefficient (Wildman–Crippen LogP) is 7.08. The summed E-state index contributed by atoms with van der Waals surface area (Å²) < 4.78 is 11.9. The van der Waals surface area contributed by atoms with Crippen molar-refractivity contribution in [1.29, 1.82) is 0 Å². The summed E-state index contributed by atoms with van der Waals surface area (Å²) in [6, 6.07) is 24.6. The highest BCUT2D eigenvalue weighted by atomic mass is 16.5. The zero-order valence-electron chi connectivity index (χ0n) is 20.8. The average molecular weight is 456 g/mol. The number of methoxy groups -OCH3 is 1. The Morgan fingerprint density at radius 2 is 1.62 bits per heavy atom. The Morgan fingerprint density at radius 1 is 0.882 bits per heavy atom. The van der Waals surface area contributed by atoms with Gasteiger partial charge in [0.1, 0.15) is 17.7 Å². The second kappa shape index (κ2) is 10.2. The Hall–Kier alpha value is -2.78. The largest absolute Gasteiger partial charge is 0.497 e. The Balaban J connectivity index is 1.49. The summed E-state index contributed by atoms with van der Waals surface area (Å²) in [6.45, 7) is 6.64. The predicted molar refractivity (Wildman–Crippen MR) is 139 cm³/mol. The quantitative estimate of drug-likeness (QED) is 0.380. The minimum absolute atomic E-state index is 0.120. The molecule has 1 aliphatic carbocycles. The van der Waals surface area contributed by atoms with Crippen LogP contribution in [0.2, 0.25) is 0 Å². The normalized spacial score (nSPS) is 19.9. The first kappa shape index (κ1) is 23.0. The smallest absolute Gasteiger partial charge is 0.149 e. The number of benzene rings is 3. The number of likely N-dealkylation sites (tertiary alicyclic amines) is 1. The topological polar surface area (TPSA) is 21.7 Å². The van der Waals surface area contributed by atoms with Crippen molar-refractivity contribution in [2.75, 3.05) is 20.2 Å². The third kappa shape index (κ3) is 4.72. The van der Waals surface area contributed by atoms with Crippen LogP contribution in [-0.2, 0) is 6.42 Å². The van der Waals surface area contributed by atoms with Gasteiger partial charge in [0.05, 0.1) is 7.11 Å². The number of hydrogen-bond acceptors (Lipinski definition) is 3. The number of aryl methyl sites for hydroxylation is 2. The molecule has 3 aromatic rings. The van der Waals surface area contributed by atoms with Crippen molar-refractivity contribution in [2.45, 2.75) is 64.0 Å². The summed E-state index contributed by atoms with van der Waals surface area (Å²) in [7, 11) is 1.73. The average Bonchev–Trinajstić information content (AvgIpc) is 3.42. The van der Waals surface area contributed by atoms with E-state index in [0.717, 1.165) is 24.6 Å². The van der Waals surface area contributed by atoms with E-state index in [9.17, 15) is 0 Å². The van der Waals surface area contributed by atoms with Gasteiger partial charge in [0, 0.05) is 19.0 Å². The number of rotatable bonds is 7. The summed E-state index contributed by atoms with van der Waals surface area (Å²) in [5, 5.41) is 0. The Labute approximate surface area is 204 Å². The molecular weight excluding hydrogens is 418 g/mol. The summed E-state index contributed by atoms with van der Waals surface area (Å²) in [5.41, 5.74) is 6.95. The molecule has 5 rings (SSSR count). The molecule has 178 valence electrons. The van der Waals surface area contributed by atoms with E-state index in [0.29, 0.717) is 11.8 Å². The van der Waals surface area contributed by atoms with Crippen molar-refractivity contribution < 1.29 is 9.47 Å². The van der Waals surface area contributed by atoms with Crippen LogP contribution < -0.4 is 9.47 Å². The van der Waals surface area contributed by atoms with E-state index in [1.54, 1.807) is 7.11 Å². The fraction of sp³-hybridized carbons (Fsp3) is 0.419. The molecule has 1 aliphatic heterocycles. The molecule has 2 aliphatic rings. The lowest BCUT2D eigenvalue weighted by molar-refractivity contribution is 0.0586. The maximum absolute atomic E-state index is 6.41. The Bertz CT molecular complexity index is 1100. The standard InChI is InChI=1S/C31H37NO2/c1-22-21-26(15-18-30(22)34-23(2)32-19-6-7-20-32)31(25-13-16-27(33-3)17-14-25)29-12-8-10-24-9-4-5-11-28(24)29/h4-5,9,11,13-18,21,23,29,31H,6-8,10,12,19-20H2,1-3H3. The molecule has 0 bridgehead atoms. The van der Waals surface area contributed by atoms with Gasteiger partial charge >= 0.3 is 0 Å². The number of hydrogen-bond donors (Lipinski definition) is 0. The molecule has 0 amide bonds. The molecule has 1 saturated heterocycles. The molecule has 1 fully saturated rings. The van der Waals surface area contributed by atoms with Gasteiger partial charge in [0.15, 0.2) is 0 Å². The second-order valence-electron chi connectivity index (χ2n) is 9.93. The van der Waals surface area contributed by atoms with Gasteiger partial charge in [-0.1, -0.05) is 48.5 Å². The Kier molecular flexibility index (Phi) is 6.92. The highest BCUT2D eigenvalue weighted by Crippen LogP contribution is 2.46. The maximum Gasteiger partial charge on any atom is 0.149 e. The number of fused-ring (bicyclic) bond motifs is 1. The van der Waals surface area contributed by atoms with Gasteiger partial charge in [-0.15, -0.1) is 0 Å². The van der Waals surface area contributed by atoms with E-state index in [2.05, 4.69) is 85.5 Å². The van der Waals surface area contributed by atoms with Gasteiger partial charge in [-0.05, 0) is 97.9 Å². The fourth-order valence-electron chi connectivity index (χ4n) is 5.97. The van der Waals surface area contributed by atoms with Crippen molar-refractivity contribution in [3.05, 3.63) is 94.5 Å². The van der Waals surface area contributed by atoms with Crippen LogP contribution >= 0.6 is 0 Å². The van der Waals surface area contributed by atoms with Gasteiger partial charge in [0.25, 0.3) is 0 Å². The van der Waals surface area contributed by atoms with E-state index in [1.165, 1.54) is 59.9 Å². The van der Waals surface area contributed by atoms with Crippen molar-refractivity contribution in [3.63, 3.8) is 0 Å². The summed E-state index contributed by atoms with van der Waals surface area (Å²) >= 11 is 0. The van der Waals surface area contributed by atoms with Gasteiger partial charge in [-0.3, -0.25) is 4.90 Å². The van der Waals surface area contributed by atoms with E-state index >= 15 is 0 Å². The molecule has 0 aromatic heterocycles. The lowest BCUT2D eigenvalue weighted by atomic mass is 9.70. The third-order valence-corrected chi connectivity index (χ3v) is 7.80. The SMILES string of the molecule is COc1ccc(C(c2ccc(OC(C)N3CCCC3)c(C)c2)C2CCCc3ccccc32)cc1. The first-order valence-corrected chi connectivity index (χ1v) is 12.9. The molecule has 1 heterocycles. The molecule has 3 atom stereocenters. The molecule has 0 saturated carbocycles. The van der Waals surface area contributed by atoms with Crippen molar-refractivity contribution in [2.24, 2.45) is 0 Å². The lowest BCUT2D eigenvalue weighted by Gasteiger charge is -2.34. The number of nitrogens with zero attached hydrogens (tertiary/aromatic N) is 1. The highest BCUT2D eigenvalue weighted by molar-refractivity contribution is 5.46. The zero-order valence-corrected chi connectivity index (χ0v) is 20.8. The zero-order chi connectivity index (χ0) is 23.5. The first-order chi connectivity index (χ1) is 16.6. The minimum atomic E-state index is 0.120. The van der Waals surface area contributed by atoms with Gasteiger partial charge in [0.2, 0.25) is 0 Å². The van der Waals surface area contributed by atoms with Crippen LogP contribution in [0.5, 0.6) is 11.5 Å². The Morgan fingerprint density at radius 3 is 2.35 bits per heavy atom. The molecule has 3 heteroatoms. The van der Waals surface area contributed by atoms with Gasteiger partial charge < -0.3 is 9.47 Å². The third-order valence-electron chi connectivity index (χ3n) is 7.80. The van der Waals surface area contributed by atoms with Crippen molar-refractivity contribution in [1.82, 2.24) is 4.90 Å². The molecule has 34 heavy (non-hydrogen) atoms. The summed E-state index contributed by atoms with van der Waals surface area (Å²) in [6.07, 6.45) is 6.30. The molecule has 0 N–H and O–H groups in total. The fourth-order valence-corrected chi connectivity index (χ4v) is 5.97. The summed E-state index contributed by atoms with van der Waals surface area (Å²) in [5.74, 6) is 2.67. The highest BCUT2D eigenvalue weighted by Gasteiger charge is 2.31. The van der Waals surface area contributed by atoms with Gasteiger partial charge in [-0.25, -0.2) is 0 Å². The molecule has 3 nitrogen and oxygen atoms in total. The van der Waals surface area contributed by atoms with E-state index in [4.69, 9.17) is 9.47 Å². The maximum atomic E-state index is 6.41. The van der Waals surface area contributed by atoms with E-state index < -0.39 is 0 Å². The van der Waals surface area contributed by atoms with Crippen LogP contribution in [0.4, 0.5) is 0 Å². The van der Waals surface area contributed by atoms with Crippen LogP contribution in [0, 0.1) is 6.92 Å². The minimum Gasteiger partial charge on any atom is -0.497 e. The van der Waals surface area contributed by atoms with E-state index in [1.807, 2.05) is 0 Å². The molecule has 3 unspecified atom stereocenters. The first-order valence-electron chi connectivity index (χ1n) is 12.9. The van der Waals surface area contributed by atoms with Gasteiger partial charge in [-0.2, -0.15) is 0 Å². The molecule has 3 aromatic carbocycles. The van der Waals surface area contributed by atoms with Crippen LogP contribution in [-0.4, -0.2) is 31.3 Å². The summed E-state index contributed by atoms with van der Waals surface area (Å²) in [4.78, 5) is 2.44. The van der Waals surface area contributed by atoms with Crippen molar-refractivity contribution in [3.8, 4) is 11.5 Å². The molecule has 0 radical (unpaired) electrons. The number of ether oxygens (including phenoxy) is 2. The molecular formula is C31H37NO2. The van der Waals surface area contributed by atoms with Crippen LogP contribution in [0.15, 0.2) is 66.7 Å². The molecule has 0 spiro atoms. The monoisotopic (exact) mass is 455 g/mol. The van der Waals surface area contributed by atoms with Crippen LogP contribution in [0.1, 0.15) is 72.3 Å².